The molecular weight excluding hydrogens is 258 g/mol. The van der Waals surface area contributed by atoms with E-state index in [9.17, 15) is 20.0 Å². The summed E-state index contributed by atoms with van der Waals surface area (Å²) in [5, 5.41) is 20.5. The van der Waals surface area contributed by atoms with Crippen molar-refractivity contribution >= 4 is 12.0 Å². The SMILES string of the molecule is Cc1ccc(Cc2cc(C=O)c(O)c([N+](=O)[O-])c2)cc1. The number of aldehydes is 1. The second-order valence-electron chi connectivity index (χ2n) is 4.59. The lowest BCUT2D eigenvalue weighted by Crippen LogP contribution is -1.96. The molecule has 0 amide bonds. The van der Waals surface area contributed by atoms with Gasteiger partial charge in [0.2, 0.25) is 5.75 Å². The summed E-state index contributed by atoms with van der Waals surface area (Å²) in [5.74, 6) is -0.586. The predicted molar refractivity (Wildman–Crippen MR) is 74.1 cm³/mol. The molecule has 0 spiro atoms. The summed E-state index contributed by atoms with van der Waals surface area (Å²) in [6.07, 6.45) is 0.878. The van der Waals surface area contributed by atoms with Crippen LogP contribution in [0.25, 0.3) is 0 Å². The van der Waals surface area contributed by atoms with E-state index < -0.39 is 16.4 Å². The fraction of sp³-hybridized carbons (Fsp3) is 0.133. The van der Waals surface area contributed by atoms with Gasteiger partial charge in [-0.25, -0.2) is 0 Å². The van der Waals surface area contributed by atoms with Crippen LogP contribution in [-0.2, 0) is 6.42 Å². The standard InChI is InChI=1S/C15H13NO4/c1-10-2-4-11(5-3-10)6-12-7-13(9-17)15(18)14(8-12)16(19)20/h2-5,7-9,18H,6H2,1H3. The Balaban J connectivity index is 2.41. The van der Waals surface area contributed by atoms with E-state index >= 15 is 0 Å². The molecule has 0 radical (unpaired) electrons. The van der Waals surface area contributed by atoms with Crippen molar-refractivity contribution in [3.05, 3.63) is 68.8 Å². The number of nitrogens with zero attached hydrogens (tertiary/aromatic N) is 1. The molecule has 0 saturated carbocycles. The fourth-order valence-corrected chi connectivity index (χ4v) is 1.97. The summed E-state index contributed by atoms with van der Waals surface area (Å²) in [4.78, 5) is 21.0. The summed E-state index contributed by atoms with van der Waals surface area (Å²) in [7, 11) is 0. The number of carbonyl (C=O) groups excluding carboxylic acids is 1. The first-order valence-electron chi connectivity index (χ1n) is 6.02. The predicted octanol–water partition coefficient (Wildman–Crippen LogP) is 3.01. The number of rotatable bonds is 4. The van der Waals surface area contributed by atoms with E-state index in [1.807, 2.05) is 31.2 Å². The van der Waals surface area contributed by atoms with Gasteiger partial charge in [-0.2, -0.15) is 0 Å². The molecule has 0 saturated heterocycles. The molecule has 0 aromatic heterocycles. The molecule has 0 heterocycles. The third-order valence-electron chi connectivity index (χ3n) is 3.03. The first-order chi connectivity index (χ1) is 9.51. The maximum atomic E-state index is 10.9. The van der Waals surface area contributed by atoms with Crippen LogP contribution in [0.1, 0.15) is 27.0 Å². The lowest BCUT2D eigenvalue weighted by Gasteiger charge is -2.06. The van der Waals surface area contributed by atoms with E-state index in [4.69, 9.17) is 0 Å². The molecule has 0 bridgehead atoms. The quantitative estimate of drug-likeness (QED) is 0.526. The van der Waals surface area contributed by atoms with Gasteiger partial charge in [-0.3, -0.25) is 14.9 Å². The van der Waals surface area contributed by atoms with Gasteiger partial charge in [0.15, 0.2) is 6.29 Å². The first kappa shape index (κ1) is 13.7. The lowest BCUT2D eigenvalue weighted by atomic mass is 10.0. The molecule has 0 aliphatic rings. The van der Waals surface area contributed by atoms with E-state index in [-0.39, 0.29) is 5.56 Å². The van der Waals surface area contributed by atoms with Crippen LogP contribution in [0.3, 0.4) is 0 Å². The number of nitro benzene ring substituents is 1. The number of hydrogen-bond donors (Lipinski definition) is 1. The molecule has 2 aromatic carbocycles. The van der Waals surface area contributed by atoms with Gasteiger partial charge >= 0.3 is 5.69 Å². The van der Waals surface area contributed by atoms with Gasteiger partial charge < -0.3 is 5.11 Å². The number of aryl methyl sites for hydroxylation is 1. The van der Waals surface area contributed by atoms with Gasteiger partial charge in [0.05, 0.1) is 10.5 Å². The second kappa shape index (κ2) is 5.52. The minimum Gasteiger partial charge on any atom is -0.502 e. The van der Waals surface area contributed by atoms with Crippen molar-refractivity contribution in [1.29, 1.82) is 0 Å². The van der Waals surface area contributed by atoms with E-state index in [1.54, 1.807) is 0 Å². The Morgan fingerprint density at radius 3 is 2.40 bits per heavy atom. The van der Waals surface area contributed by atoms with E-state index in [2.05, 4.69) is 0 Å². The lowest BCUT2D eigenvalue weighted by molar-refractivity contribution is -0.385. The maximum Gasteiger partial charge on any atom is 0.311 e. The van der Waals surface area contributed by atoms with Gasteiger partial charge in [-0.05, 0) is 30.5 Å². The number of nitro groups is 1. The smallest absolute Gasteiger partial charge is 0.311 e. The average molecular weight is 271 g/mol. The van der Waals surface area contributed by atoms with Crippen LogP contribution < -0.4 is 0 Å². The molecule has 0 unspecified atom stereocenters. The molecule has 2 rings (SSSR count). The highest BCUT2D eigenvalue weighted by Crippen LogP contribution is 2.31. The van der Waals surface area contributed by atoms with Crippen molar-refractivity contribution in [3.8, 4) is 5.75 Å². The molecular formula is C15H13NO4. The van der Waals surface area contributed by atoms with Gasteiger partial charge in [0.25, 0.3) is 0 Å². The molecule has 0 aliphatic heterocycles. The number of hydrogen-bond acceptors (Lipinski definition) is 4. The number of phenols is 1. The summed E-state index contributed by atoms with van der Waals surface area (Å²) >= 11 is 0. The third-order valence-corrected chi connectivity index (χ3v) is 3.03. The van der Waals surface area contributed by atoms with Crippen LogP contribution in [0.15, 0.2) is 36.4 Å². The average Bonchev–Trinajstić information content (AvgIpc) is 2.42. The molecule has 0 aliphatic carbocycles. The molecule has 102 valence electrons. The van der Waals surface area contributed by atoms with E-state index in [0.29, 0.717) is 18.3 Å². The normalized spacial score (nSPS) is 10.2. The van der Waals surface area contributed by atoms with Crippen molar-refractivity contribution in [2.45, 2.75) is 13.3 Å². The number of phenolic OH excluding ortho intramolecular Hbond substituents is 1. The van der Waals surface area contributed by atoms with Crippen LogP contribution in [0.4, 0.5) is 5.69 Å². The molecule has 5 nitrogen and oxygen atoms in total. The number of carbonyl (C=O) groups is 1. The topological polar surface area (TPSA) is 80.4 Å². The van der Waals surface area contributed by atoms with E-state index in [1.165, 1.54) is 12.1 Å². The van der Waals surface area contributed by atoms with Crippen LogP contribution in [0.2, 0.25) is 0 Å². The second-order valence-corrected chi connectivity index (χ2v) is 4.59. The van der Waals surface area contributed by atoms with Crippen molar-refractivity contribution in [1.82, 2.24) is 0 Å². The number of benzene rings is 2. The Hall–Kier alpha value is -2.69. The van der Waals surface area contributed by atoms with Crippen molar-refractivity contribution in [2.75, 3.05) is 0 Å². The summed E-state index contributed by atoms with van der Waals surface area (Å²) in [6, 6.07) is 10.5. The molecule has 5 heteroatoms. The van der Waals surface area contributed by atoms with Crippen LogP contribution in [-0.4, -0.2) is 16.3 Å². The Morgan fingerprint density at radius 1 is 1.20 bits per heavy atom. The Morgan fingerprint density at radius 2 is 1.85 bits per heavy atom. The highest BCUT2D eigenvalue weighted by molar-refractivity contribution is 5.82. The Labute approximate surface area is 115 Å². The molecule has 2 aromatic rings. The van der Waals surface area contributed by atoms with Crippen molar-refractivity contribution in [3.63, 3.8) is 0 Å². The minimum atomic E-state index is -0.693. The molecule has 1 N–H and O–H groups in total. The Bertz CT molecular complexity index is 662. The minimum absolute atomic E-state index is 0.0682. The van der Waals surface area contributed by atoms with Crippen molar-refractivity contribution in [2.24, 2.45) is 0 Å². The first-order valence-corrected chi connectivity index (χ1v) is 6.02. The number of aromatic hydroxyl groups is 1. The zero-order chi connectivity index (χ0) is 14.7. The van der Waals surface area contributed by atoms with Crippen molar-refractivity contribution < 1.29 is 14.8 Å². The summed E-state index contributed by atoms with van der Waals surface area (Å²) in [5.41, 5.74) is 2.20. The van der Waals surface area contributed by atoms with E-state index in [0.717, 1.165) is 11.1 Å². The molecule has 0 fully saturated rings. The van der Waals surface area contributed by atoms with Gasteiger partial charge in [-0.15, -0.1) is 0 Å². The summed E-state index contributed by atoms with van der Waals surface area (Å²) < 4.78 is 0. The van der Waals surface area contributed by atoms with Gasteiger partial charge in [0.1, 0.15) is 0 Å². The highest BCUT2D eigenvalue weighted by atomic mass is 16.6. The Kier molecular flexibility index (Phi) is 3.79. The zero-order valence-electron chi connectivity index (χ0n) is 10.9. The van der Waals surface area contributed by atoms with Gasteiger partial charge in [0, 0.05) is 6.07 Å². The zero-order valence-corrected chi connectivity index (χ0v) is 10.9. The third kappa shape index (κ3) is 2.83. The van der Waals surface area contributed by atoms with Gasteiger partial charge in [-0.1, -0.05) is 29.8 Å². The molecule has 20 heavy (non-hydrogen) atoms. The van der Waals surface area contributed by atoms with Crippen LogP contribution >= 0.6 is 0 Å². The maximum absolute atomic E-state index is 10.9. The monoisotopic (exact) mass is 271 g/mol. The summed E-state index contributed by atoms with van der Waals surface area (Å²) in [6.45, 7) is 1.97. The van der Waals surface area contributed by atoms with Crippen LogP contribution in [0, 0.1) is 17.0 Å². The highest BCUT2D eigenvalue weighted by Gasteiger charge is 2.18. The fourth-order valence-electron chi connectivity index (χ4n) is 1.97. The largest absolute Gasteiger partial charge is 0.502 e. The van der Waals surface area contributed by atoms with Crippen LogP contribution in [0.5, 0.6) is 5.75 Å². The molecule has 0 atom stereocenters.